The molecule has 2 aliphatic heterocycles. The van der Waals surface area contributed by atoms with Crippen molar-refractivity contribution in [3.8, 4) is 11.5 Å². The van der Waals surface area contributed by atoms with Gasteiger partial charge in [-0.1, -0.05) is 11.9 Å². The average molecular weight is 419 g/mol. The fourth-order valence-electron chi connectivity index (χ4n) is 4.44. The Labute approximate surface area is 176 Å². The molecule has 0 spiro atoms. The number of fused-ring (bicyclic) bond motifs is 1. The van der Waals surface area contributed by atoms with Gasteiger partial charge in [-0.05, 0) is 38.2 Å². The van der Waals surface area contributed by atoms with Crippen molar-refractivity contribution in [3.05, 3.63) is 18.5 Å². The summed E-state index contributed by atoms with van der Waals surface area (Å²) in [4.78, 5) is 11.3. The van der Waals surface area contributed by atoms with Crippen LogP contribution in [-0.2, 0) is 0 Å². The van der Waals surface area contributed by atoms with Crippen molar-refractivity contribution >= 4 is 28.7 Å². The van der Waals surface area contributed by atoms with E-state index in [0.29, 0.717) is 17.4 Å². The Morgan fingerprint density at radius 2 is 1.86 bits per heavy atom. The Balaban J connectivity index is 1.50. The third-order valence-corrected chi connectivity index (χ3v) is 7.26. The minimum absolute atomic E-state index is 0.294. The molecule has 1 aromatic heterocycles. The number of anilines is 1. The number of β-amino-alcohol motifs (C(OH)–C–C–N with tert-alkyl or cyclic N) is 1. The number of nitrogens with zero attached hydrogens (tertiary/aromatic N) is 4. The van der Waals surface area contributed by atoms with Crippen LogP contribution in [0.25, 0.3) is 10.9 Å². The van der Waals surface area contributed by atoms with E-state index < -0.39 is 5.60 Å². The first kappa shape index (κ1) is 20.5. The molecule has 0 radical (unpaired) electrons. The monoisotopic (exact) mass is 418 g/mol. The third-order valence-electron chi connectivity index (χ3n) is 6.12. The smallest absolute Gasteiger partial charge is 0.162 e. The molecular formula is C21H30N4O3S. The van der Waals surface area contributed by atoms with Gasteiger partial charge in [0.05, 0.1) is 25.3 Å². The van der Waals surface area contributed by atoms with Crippen LogP contribution in [-0.4, -0.2) is 71.1 Å². The van der Waals surface area contributed by atoms with Crippen molar-refractivity contribution in [2.75, 3.05) is 51.1 Å². The molecule has 7 nitrogen and oxygen atoms in total. The van der Waals surface area contributed by atoms with Gasteiger partial charge in [0.15, 0.2) is 11.5 Å². The summed E-state index contributed by atoms with van der Waals surface area (Å²) in [6.07, 6.45) is 4.72. The Bertz CT molecular complexity index is 849. The zero-order valence-corrected chi connectivity index (χ0v) is 18.2. The Hall–Kier alpha value is -1.77. The normalized spacial score (nSPS) is 20.8. The van der Waals surface area contributed by atoms with Crippen LogP contribution in [0, 0.1) is 5.92 Å². The van der Waals surface area contributed by atoms with E-state index in [4.69, 9.17) is 9.47 Å². The summed E-state index contributed by atoms with van der Waals surface area (Å²) in [6.45, 7) is 5.57. The van der Waals surface area contributed by atoms with E-state index in [2.05, 4.69) is 19.2 Å². The lowest BCUT2D eigenvalue weighted by Gasteiger charge is -2.41. The molecule has 1 unspecified atom stereocenters. The molecule has 0 amide bonds. The highest BCUT2D eigenvalue weighted by molar-refractivity contribution is 7.97. The molecule has 0 saturated carbocycles. The predicted molar refractivity (Wildman–Crippen MR) is 117 cm³/mol. The maximum atomic E-state index is 11.1. The van der Waals surface area contributed by atoms with Gasteiger partial charge in [0.1, 0.15) is 12.1 Å². The van der Waals surface area contributed by atoms with E-state index in [1.165, 1.54) is 12.2 Å². The van der Waals surface area contributed by atoms with Crippen LogP contribution in [0.3, 0.4) is 0 Å². The highest BCUT2D eigenvalue weighted by Crippen LogP contribution is 2.37. The van der Waals surface area contributed by atoms with Crippen LogP contribution < -0.4 is 14.4 Å². The fraction of sp³-hybridized carbons (Fsp3) is 0.619. The first-order valence-corrected chi connectivity index (χ1v) is 11.2. The second-order valence-electron chi connectivity index (χ2n) is 8.09. The lowest BCUT2D eigenvalue weighted by Crippen LogP contribution is -2.48. The van der Waals surface area contributed by atoms with Crippen molar-refractivity contribution in [1.82, 2.24) is 14.3 Å². The topological polar surface area (TPSA) is 71.0 Å². The molecule has 0 bridgehead atoms. The molecule has 2 aromatic rings. The lowest BCUT2D eigenvalue weighted by atomic mass is 9.81. The van der Waals surface area contributed by atoms with E-state index in [1.807, 2.05) is 31.0 Å². The van der Waals surface area contributed by atoms with Gasteiger partial charge in [0, 0.05) is 43.4 Å². The molecule has 2 fully saturated rings. The zero-order chi connectivity index (χ0) is 20.4. The summed E-state index contributed by atoms with van der Waals surface area (Å²) in [5, 5.41) is 12.1. The van der Waals surface area contributed by atoms with Gasteiger partial charge in [0.25, 0.3) is 0 Å². The largest absolute Gasteiger partial charge is 0.493 e. The number of piperidine rings is 1. The van der Waals surface area contributed by atoms with E-state index in [0.717, 1.165) is 55.7 Å². The number of ether oxygens (including phenoxy) is 2. The van der Waals surface area contributed by atoms with Crippen molar-refractivity contribution in [2.24, 2.45) is 5.92 Å². The molecular weight excluding hydrogens is 388 g/mol. The summed E-state index contributed by atoms with van der Waals surface area (Å²) in [5.74, 6) is 3.73. The standard InChI is InChI=1S/C21H30N4O3S/c1-21(26,13-25-7-4-10-29-25)15-5-8-24(9-6-15)20-16-11-18(27-2)19(28-3)12-17(16)22-14-23-20/h11-12,14-15,26H,4-10,13H2,1-3H3. The summed E-state index contributed by atoms with van der Waals surface area (Å²) in [6, 6.07) is 3.85. The molecule has 1 aromatic carbocycles. The van der Waals surface area contributed by atoms with E-state index in [9.17, 15) is 5.11 Å². The molecule has 158 valence electrons. The van der Waals surface area contributed by atoms with Gasteiger partial charge in [-0.15, -0.1) is 0 Å². The van der Waals surface area contributed by atoms with Crippen LogP contribution in [0.1, 0.15) is 26.2 Å². The third kappa shape index (κ3) is 4.25. The fourth-order valence-corrected chi connectivity index (χ4v) is 5.57. The maximum Gasteiger partial charge on any atom is 0.162 e. The second kappa shape index (κ2) is 8.53. The summed E-state index contributed by atoms with van der Waals surface area (Å²) >= 11 is 1.86. The minimum Gasteiger partial charge on any atom is -0.493 e. The molecule has 4 rings (SSSR count). The van der Waals surface area contributed by atoms with E-state index in [-0.39, 0.29) is 0 Å². The summed E-state index contributed by atoms with van der Waals surface area (Å²) in [5.41, 5.74) is 0.182. The number of hydrogen-bond donors (Lipinski definition) is 1. The Morgan fingerprint density at radius 1 is 1.14 bits per heavy atom. The van der Waals surface area contributed by atoms with Gasteiger partial charge in [-0.3, -0.25) is 0 Å². The van der Waals surface area contributed by atoms with Crippen molar-refractivity contribution in [1.29, 1.82) is 0 Å². The molecule has 2 aliphatic rings. The van der Waals surface area contributed by atoms with Gasteiger partial charge in [-0.25, -0.2) is 14.3 Å². The molecule has 1 N–H and O–H groups in total. The average Bonchev–Trinajstić information content (AvgIpc) is 3.24. The number of aromatic nitrogens is 2. The van der Waals surface area contributed by atoms with Crippen molar-refractivity contribution in [2.45, 2.75) is 31.8 Å². The van der Waals surface area contributed by atoms with Crippen molar-refractivity contribution in [3.63, 3.8) is 0 Å². The van der Waals surface area contributed by atoms with Gasteiger partial charge in [-0.2, -0.15) is 0 Å². The van der Waals surface area contributed by atoms with Crippen LogP contribution in [0.15, 0.2) is 18.5 Å². The highest BCUT2D eigenvalue weighted by atomic mass is 32.2. The van der Waals surface area contributed by atoms with E-state index >= 15 is 0 Å². The summed E-state index contributed by atoms with van der Waals surface area (Å²) in [7, 11) is 3.27. The first-order valence-electron chi connectivity index (χ1n) is 10.2. The number of benzene rings is 1. The quantitative estimate of drug-likeness (QED) is 0.718. The lowest BCUT2D eigenvalue weighted by molar-refractivity contribution is -0.0219. The van der Waals surface area contributed by atoms with Gasteiger partial charge < -0.3 is 19.5 Å². The van der Waals surface area contributed by atoms with Crippen LogP contribution in [0.5, 0.6) is 11.5 Å². The number of rotatable bonds is 6. The first-order chi connectivity index (χ1) is 14.0. The highest BCUT2D eigenvalue weighted by Gasteiger charge is 2.37. The SMILES string of the molecule is COc1cc2ncnc(N3CCC(C(C)(O)CN4CCCS4)CC3)c2cc1OC. The van der Waals surface area contributed by atoms with Crippen molar-refractivity contribution < 1.29 is 14.6 Å². The van der Waals surface area contributed by atoms with Crippen LogP contribution >= 0.6 is 11.9 Å². The second-order valence-corrected chi connectivity index (χ2v) is 9.27. The molecule has 1 atom stereocenters. The van der Waals surface area contributed by atoms with Gasteiger partial charge >= 0.3 is 0 Å². The Kier molecular flexibility index (Phi) is 6.03. The number of hydrogen-bond acceptors (Lipinski definition) is 8. The Morgan fingerprint density at radius 3 is 2.52 bits per heavy atom. The van der Waals surface area contributed by atoms with Crippen LogP contribution in [0.2, 0.25) is 0 Å². The molecule has 29 heavy (non-hydrogen) atoms. The molecule has 2 saturated heterocycles. The number of aliphatic hydroxyl groups is 1. The van der Waals surface area contributed by atoms with Crippen LogP contribution in [0.4, 0.5) is 5.82 Å². The molecule has 3 heterocycles. The molecule has 8 heteroatoms. The number of methoxy groups -OCH3 is 2. The predicted octanol–water partition coefficient (Wildman–Crippen LogP) is 2.97. The molecule has 0 aliphatic carbocycles. The van der Waals surface area contributed by atoms with E-state index in [1.54, 1.807) is 20.5 Å². The zero-order valence-electron chi connectivity index (χ0n) is 17.4. The minimum atomic E-state index is -0.659. The van der Waals surface area contributed by atoms with Gasteiger partial charge in [0.2, 0.25) is 0 Å². The summed E-state index contributed by atoms with van der Waals surface area (Å²) < 4.78 is 13.2. The maximum absolute atomic E-state index is 11.1.